The Morgan fingerprint density at radius 3 is 2.76 bits per heavy atom. The summed E-state index contributed by atoms with van der Waals surface area (Å²) >= 11 is 0.757. The van der Waals surface area contributed by atoms with Crippen molar-refractivity contribution in [2.45, 2.75) is 13.0 Å². The SMILES string of the molecule is [Cl][Cu][Cl].c1ccc2nc(CN3CCCNCC3)ccc2c1. The Balaban J connectivity index is 0.000000497. The summed E-state index contributed by atoms with van der Waals surface area (Å²) in [6.45, 7) is 5.48. The Morgan fingerprint density at radius 2 is 1.90 bits per heavy atom. The Bertz CT molecular complexity index is 545. The zero-order chi connectivity index (χ0) is 14.9. The molecule has 1 aromatic carbocycles. The molecule has 6 heteroatoms. The van der Waals surface area contributed by atoms with E-state index in [2.05, 4.69) is 66.8 Å². The predicted molar refractivity (Wildman–Crippen MR) is 86.2 cm³/mol. The predicted octanol–water partition coefficient (Wildman–Crippen LogP) is 3.41. The summed E-state index contributed by atoms with van der Waals surface area (Å²) < 4.78 is 0. The average molecular weight is 376 g/mol. The number of nitrogens with zero attached hydrogens (tertiary/aromatic N) is 2. The van der Waals surface area contributed by atoms with E-state index in [1.807, 2.05) is 0 Å². The van der Waals surface area contributed by atoms with E-state index in [-0.39, 0.29) is 0 Å². The van der Waals surface area contributed by atoms with Gasteiger partial charge in [0.2, 0.25) is 0 Å². The quantitative estimate of drug-likeness (QED) is 0.815. The minimum Gasteiger partial charge on any atom is -0.315 e. The van der Waals surface area contributed by atoms with Crippen molar-refractivity contribution in [3.8, 4) is 0 Å². The number of aromatic nitrogens is 1. The van der Waals surface area contributed by atoms with Crippen molar-refractivity contribution in [2.24, 2.45) is 0 Å². The summed E-state index contributed by atoms with van der Waals surface area (Å²) in [5, 5.41) is 4.65. The number of para-hydroxylation sites is 1. The van der Waals surface area contributed by atoms with Crippen molar-refractivity contribution in [3.05, 3.63) is 42.1 Å². The van der Waals surface area contributed by atoms with Gasteiger partial charge in [-0.15, -0.1) is 0 Å². The maximum absolute atomic E-state index is 4.74. The van der Waals surface area contributed by atoms with Crippen molar-refractivity contribution >= 4 is 31.1 Å². The van der Waals surface area contributed by atoms with Gasteiger partial charge in [0.05, 0.1) is 11.2 Å². The molecule has 0 atom stereocenters. The van der Waals surface area contributed by atoms with Crippen LogP contribution in [0.3, 0.4) is 0 Å². The van der Waals surface area contributed by atoms with Crippen LogP contribution in [-0.4, -0.2) is 36.1 Å². The first-order valence-corrected chi connectivity index (χ1v) is 9.51. The molecule has 1 saturated heterocycles. The molecule has 0 aliphatic carbocycles. The zero-order valence-electron chi connectivity index (χ0n) is 11.7. The van der Waals surface area contributed by atoms with Gasteiger partial charge in [-0.2, -0.15) is 0 Å². The van der Waals surface area contributed by atoms with Crippen molar-refractivity contribution < 1.29 is 13.1 Å². The van der Waals surface area contributed by atoms with E-state index in [0.29, 0.717) is 0 Å². The molecule has 3 nitrogen and oxygen atoms in total. The van der Waals surface area contributed by atoms with Crippen LogP contribution >= 0.6 is 20.2 Å². The van der Waals surface area contributed by atoms with Crippen LogP contribution in [0.2, 0.25) is 0 Å². The largest absolute Gasteiger partial charge is 0.315 e. The molecule has 1 fully saturated rings. The standard InChI is InChI=1S/C15H19N3.2ClH.Cu/c1-2-5-15-13(4-1)6-7-14(17-15)12-18-10-3-8-16-9-11-18;;;/h1-2,4-7,16H,3,8-12H2;2*1H;/q;;;+2/p-2. The molecule has 119 valence electrons. The van der Waals surface area contributed by atoms with Crippen LogP contribution < -0.4 is 5.32 Å². The number of hydrogen-bond donors (Lipinski definition) is 1. The summed E-state index contributed by atoms with van der Waals surface area (Å²) in [5.74, 6) is 0. The second-order valence-electron chi connectivity index (χ2n) is 4.92. The number of benzene rings is 1. The van der Waals surface area contributed by atoms with E-state index >= 15 is 0 Å². The number of halogens is 2. The van der Waals surface area contributed by atoms with Gasteiger partial charge in [-0.25, -0.2) is 0 Å². The normalized spacial score (nSPS) is 16.3. The fourth-order valence-electron chi connectivity index (χ4n) is 2.49. The molecule has 3 rings (SSSR count). The summed E-state index contributed by atoms with van der Waals surface area (Å²) in [5.41, 5.74) is 2.28. The van der Waals surface area contributed by atoms with Gasteiger partial charge in [-0.05, 0) is 31.6 Å². The average Bonchev–Trinajstić information content (AvgIpc) is 2.77. The van der Waals surface area contributed by atoms with Crippen LogP contribution in [0.15, 0.2) is 36.4 Å². The van der Waals surface area contributed by atoms with Gasteiger partial charge in [-0.1, -0.05) is 24.3 Å². The fraction of sp³-hybridized carbons (Fsp3) is 0.400. The van der Waals surface area contributed by atoms with E-state index in [9.17, 15) is 0 Å². The van der Waals surface area contributed by atoms with Gasteiger partial charge < -0.3 is 5.32 Å². The maximum atomic E-state index is 4.74. The number of pyridine rings is 1. The third-order valence-electron chi connectivity index (χ3n) is 3.47. The van der Waals surface area contributed by atoms with Crippen LogP contribution in [0.25, 0.3) is 10.9 Å². The Labute approximate surface area is 140 Å². The second-order valence-corrected chi connectivity index (χ2v) is 6.47. The summed E-state index contributed by atoms with van der Waals surface area (Å²) in [4.78, 5) is 7.22. The molecule has 0 amide bonds. The first kappa shape index (κ1) is 17.0. The van der Waals surface area contributed by atoms with Gasteiger partial charge >= 0.3 is 33.3 Å². The molecular formula is C15H19Cl2CuN3. The molecular weight excluding hydrogens is 357 g/mol. The molecule has 1 aliphatic rings. The topological polar surface area (TPSA) is 28.2 Å². The van der Waals surface area contributed by atoms with Gasteiger partial charge in [0, 0.05) is 25.0 Å². The molecule has 2 heterocycles. The third-order valence-corrected chi connectivity index (χ3v) is 3.47. The molecule has 1 aliphatic heterocycles. The van der Waals surface area contributed by atoms with E-state index in [0.717, 1.165) is 44.8 Å². The van der Waals surface area contributed by atoms with Crippen LogP contribution in [0, 0.1) is 0 Å². The van der Waals surface area contributed by atoms with Crippen LogP contribution in [0.1, 0.15) is 12.1 Å². The zero-order valence-corrected chi connectivity index (χ0v) is 14.1. The first-order chi connectivity index (χ1) is 10.3. The van der Waals surface area contributed by atoms with E-state index in [1.165, 1.54) is 24.0 Å². The maximum Gasteiger partial charge on any atom is 0.0705 e. The van der Waals surface area contributed by atoms with Gasteiger partial charge in [0.15, 0.2) is 0 Å². The van der Waals surface area contributed by atoms with E-state index < -0.39 is 0 Å². The fourth-order valence-corrected chi connectivity index (χ4v) is 2.49. The van der Waals surface area contributed by atoms with Gasteiger partial charge in [0.25, 0.3) is 0 Å². The number of fused-ring (bicyclic) bond motifs is 1. The van der Waals surface area contributed by atoms with Crippen molar-refractivity contribution in [1.82, 2.24) is 15.2 Å². The molecule has 0 radical (unpaired) electrons. The van der Waals surface area contributed by atoms with Crippen molar-refractivity contribution in [1.29, 1.82) is 0 Å². The molecule has 1 N–H and O–H groups in total. The molecule has 1 aromatic heterocycles. The Hall–Kier alpha value is -0.351. The van der Waals surface area contributed by atoms with Crippen LogP contribution in [0.5, 0.6) is 0 Å². The molecule has 2 aromatic rings. The molecule has 0 bridgehead atoms. The number of rotatable bonds is 2. The van der Waals surface area contributed by atoms with E-state index in [4.69, 9.17) is 4.98 Å². The number of hydrogen-bond acceptors (Lipinski definition) is 3. The van der Waals surface area contributed by atoms with E-state index in [1.54, 1.807) is 0 Å². The summed E-state index contributed by atoms with van der Waals surface area (Å²) in [7, 11) is 9.34. The minimum atomic E-state index is 0.757. The molecule has 0 unspecified atom stereocenters. The first-order valence-electron chi connectivity index (χ1n) is 6.92. The number of nitrogens with one attached hydrogen (secondary N) is 1. The summed E-state index contributed by atoms with van der Waals surface area (Å²) in [6.07, 6.45) is 1.23. The Morgan fingerprint density at radius 1 is 1.10 bits per heavy atom. The van der Waals surface area contributed by atoms with Crippen LogP contribution in [-0.2, 0) is 19.7 Å². The monoisotopic (exact) mass is 374 g/mol. The van der Waals surface area contributed by atoms with Crippen molar-refractivity contribution in [3.63, 3.8) is 0 Å². The van der Waals surface area contributed by atoms with Gasteiger partial charge in [-0.3, -0.25) is 9.88 Å². The minimum absolute atomic E-state index is 0.757. The summed E-state index contributed by atoms with van der Waals surface area (Å²) in [6, 6.07) is 12.6. The third kappa shape index (κ3) is 5.74. The Kier molecular flexibility index (Phi) is 7.79. The molecule has 21 heavy (non-hydrogen) atoms. The van der Waals surface area contributed by atoms with Gasteiger partial charge in [0.1, 0.15) is 0 Å². The smallest absolute Gasteiger partial charge is 0.0705 e. The van der Waals surface area contributed by atoms with Crippen LogP contribution in [0.4, 0.5) is 0 Å². The van der Waals surface area contributed by atoms with Crippen molar-refractivity contribution in [2.75, 3.05) is 26.2 Å². The molecule has 0 spiro atoms. The second kappa shape index (κ2) is 9.62. The molecule has 0 saturated carbocycles.